The van der Waals surface area contributed by atoms with Crippen LogP contribution in [0.4, 0.5) is 10.5 Å². The number of carbonyl (C=O) groups excluding carboxylic acids is 3. The number of nitrogens with zero attached hydrogens (tertiary/aromatic N) is 3. The first-order valence-corrected chi connectivity index (χ1v) is 12.9. The van der Waals surface area contributed by atoms with Crippen molar-refractivity contribution in [2.45, 2.75) is 0 Å². The summed E-state index contributed by atoms with van der Waals surface area (Å²) in [4.78, 5) is 44.2. The summed E-state index contributed by atoms with van der Waals surface area (Å²) < 4.78 is 13.2. The molecule has 6 rings (SSSR count). The normalized spacial score (nSPS) is 15.7. The molecule has 2 aromatic carbocycles. The Morgan fingerprint density at radius 3 is 2.55 bits per heavy atom. The standard InChI is InChI=1S/C30H27N5O5/c1-31-30(38)33-21-7-8-24-23(16-21)27(36)25(40-24)15-20-17-34(2)28-26(20)22(9-10-32-28)18-3-5-19(6-4-18)29(37)35-11-13-39-14-12-35/h3-10,15-17H,11-14H2,1-2H3,(H2,31,33,38)/b25-15-. The molecule has 3 amide bonds. The molecular formula is C30H27N5O5. The van der Waals surface area contributed by atoms with Crippen LogP contribution in [-0.2, 0) is 11.8 Å². The fraction of sp³-hybridized carbons (Fsp3) is 0.200. The van der Waals surface area contributed by atoms with Gasteiger partial charge in [0.2, 0.25) is 5.78 Å². The van der Waals surface area contributed by atoms with Crippen molar-refractivity contribution in [2.75, 3.05) is 38.7 Å². The first-order valence-electron chi connectivity index (χ1n) is 12.9. The Morgan fingerprint density at radius 1 is 1.02 bits per heavy atom. The lowest BCUT2D eigenvalue weighted by molar-refractivity contribution is 0.0303. The second-order valence-corrected chi connectivity index (χ2v) is 9.59. The number of hydrogen-bond acceptors (Lipinski definition) is 6. The maximum Gasteiger partial charge on any atom is 0.318 e. The molecule has 10 heteroatoms. The lowest BCUT2D eigenvalue weighted by Crippen LogP contribution is -2.40. The highest BCUT2D eigenvalue weighted by atomic mass is 16.5. The van der Waals surface area contributed by atoms with Gasteiger partial charge in [-0.1, -0.05) is 12.1 Å². The van der Waals surface area contributed by atoms with Crippen LogP contribution in [0.15, 0.2) is 66.7 Å². The number of ether oxygens (including phenoxy) is 2. The SMILES string of the molecule is CNC(=O)Nc1ccc2c(c1)C(=O)/C(=C/c1cn(C)c3nccc(-c4ccc(C(=O)N5CCOCC5)cc4)c13)O2. The van der Waals surface area contributed by atoms with Gasteiger partial charge in [0.1, 0.15) is 11.4 Å². The number of nitrogens with one attached hydrogen (secondary N) is 2. The van der Waals surface area contributed by atoms with Crippen molar-refractivity contribution >= 4 is 40.5 Å². The molecule has 0 radical (unpaired) electrons. The molecule has 1 saturated heterocycles. The van der Waals surface area contributed by atoms with Gasteiger partial charge in [0.25, 0.3) is 5.91 Å². The monoisotopic (exact) mass is 537 g/mol. The zero-order chi connectivity index (χ0) is 27.8. The van der Waals surface area contributed by atoms with Gasteiger partial charge in [-0.2, -0.15) is 0 Å². The van der Waals surface area contributed by atoms with Gasteiger partial charge in [0, 0.05) is 61.8 Å². The molecule has 2 aliphatic heterocycles. The number of aryl methyl sites for hydroxylation is 1. The number of Topliss-reactive ketones (excluding diaryl/α,β-unsaturated/α-hetero) is 1. The molecule has 0 unspecified atom stereocenters. The predicted octanol–water partition coefficient (Wildman–Crippen LogP) is 4.08. The molecule has 2 aromatic heterocycles. The average molecular weight is 538 g/mol. The van der Waals surface area contributed by atoms with Crippen molar-refractivity contribution in [3.8, 4) is 16.9 Å². The van der Waals surface area contributed by atoms with Crippen molar-refractivity contribution in [3.63, 3.8) is 0 Å². The molecule has 2 N–H and O–H groups in total. The molecule has 0 spiro atoms. The molecule has 1 fully saturated rings. The lowest BCUT2D eigenvalue weighted by Gasteiger charge is -2.26. The Bertz CT molecular complexity index is 1680. The third kappa shape index (κ3) is 4.58. The first-order chi connectivity index (χ1) is 19.4. The largest absolute Gasteiger partial charge is 0.452 e. The molecular weight excluding hydrogens is 510 g/mol. The fourth-order valence-corrected chi connectivity index (χ4v) is 5.03. The molecule has 0 bridgehead atoms. The number of carbonyl (C=O) groups is 3. The summed E-state index contributed by atoms with van der Waals surface area (Å²) in [7, 11) is 3.42. The summed E-state index contributed by atoms with van der Waals surface area (Å²) in [6, 6.07) is 14.0. The molecule has 0 atom stereocenters. The van der Waals surface area contributed by atoms with E-state index in [1.807, 2.05) is 48.1 Å². The summed E-state index contributed by atoms with van der Waals surface area (Å²) >= 11 is 0. The predicted molar refractivity (Wildman–Crippen MR) is 150 cm³/mol. The highest BCUT2D eigenvalue weighted by Gasteiger charge is 2.28. The van der Waals surface area contributed by atoms with Crippen LogP contribution < -0.4 is 15.4 Å². The van der Waals surface area contributed by atoms with E-state index in [4.69, 9.17) is 9.47 Å². The van der Waals surface area contributed by atoms with E-state index >= 15 is 0 Å². The number of amides is 3. The Labute approximate surface area is 230 Å². The number of anilines is 1. The van der Waals surface area contributed by atoms with E-state index in [2.05, 4.69) is 15.6 Å². The van der Waals surface area contributed by atoms with Crippen LogP contribution in [0, 0.1) is 0 Å². The van der Waals surface area contributed by atoms with E-state index in [9.17, 15) is 14.4 Å². The van der Waals surface area contributed by atoms with E-state index in [1.54, 1.807) is 35.4 Å². The molecule has 40 heavy (non-hydrogen) atoms. The molecule has 0 aliphatic carbocycles. The number of aromatic nitrogens is 2. The van der Waals surface area contributed by atoms with Crippen LogP contribution >= 0.6 is 0 Å². The Balaban J connectivity index is 1.33. The zero-order valence-electron chi connectivity index (χ0n) is 22.1. The highest BCUT2D eigenvalue weighted by Crippen LogP contribution is 2.37. The summed E-state index contributed by atoms with van der Waals surface area (Å²) in [5, 5.41) is 6.02. The smallest absolute Gasteiger partial charge is 0.318 e. The maximum atomic E-state index is 13.3. The number of urea groups is 1. The molecule has 4 aromatic rings. The van der Waals surface area contributed by atoms with Gasteiger partial charge < -0.3 is 29.6 Å². The summed E-state index contributed by atoms with van der Waals surface area (Å²) in [6.07, 6.45) is 5.37. The van der Waals surface area contributed by atoms with Crippen LogP contribution in [-0.4, -0.2) is 65.5 Å². The van der Waals surface area contributed by atoms with Crippen LogP contribution in [0.5, 0.6) is 5.75 Å². The van der Waals surface area contributed by atoms with Crippen LogP contribution in [0.2, 0.25) is 0 Å². The quantitative estimate of drug-likeness (QED) is 0.379. The first kappa shape index (κ1) is 25.3. The van der Waals surface area contributed by atoms with Gasteiger partial charge in [-0.3, -0.25) is 9.59 Å². The Kier molecular flexibility index (Phi) is 6.53. The number of hydrogen-bond donors (Lipinski definition) is 2. The van der Waals surface area contributed by atoms with Crippen molar-refractivity contribution in [1.29, 1.82) is 0 Å². The summed E-state index contributed by atoms with van der Waals surface area (Å²) in [6.45, 7) is 2.28. The lowest BCUT2D eigenvalue weighted by atomic mass is 9.99. The van der Waals surface area contributed by atoms with Crippen molar-refractivity contribution in [3.05, 3.63) is 83.4 Å². The van der Waals surface area contributed by atoms with Gasteiger partial charge >= 0.3 is 6.03 Å². The minimum absolute atomic E-state index is 0.00926. The number of fused-ring (bicyclic) bond motifs is 2. The number of pyridine rings is 1. The molecule has 2 aliphatic rings. The van der Waals surface area contributed by atoms with Crippen LogP contribution in [0.1, 0.15) is 26.3 Å². The van der Waals surface area contributed by atoms with E-state index < -0.39 is 0 Å². The zero-order valence-corrected chi connectivity index (χ0v) is 22.1. The Hall–Kier alpha value is -4.96. The van der Waals surface area contributed by atoms with Gasteiger partial charge in [-0.15, -0.1) is 0 Å². The summed E-state index contributed by atoms with van der Waals surface area (Å²) in [5.41, 5.74) is 4.85. The van der Waals surface area contributed by atoms with E-state index in [1.165, 1.54) is 7.05 Å². The van der Waals surface area contributed by atoms with Crippen molar-refractivity contribution in [1.82, 2.24) is 19.8 Å². The second-order valence-electron chi connectivity index (χ2n) is 9.59. The minimum atomic E-state index is -0.378. The molecule has 0 saturated carbocycles. The summed E-state index contributed by atoms with van der Waals surface area (Å²) in [5.74, 6) is 0.327. The third-order valence-corrected chi connectivity index (χ3v) is 7.07. The number of rotatable bonds is 4. The maximum absolute atomic E-state index is 13.3. The highest BCUT2D eigenvalue weighted by molar-refractivity contribution is 6.16. The molecule has 4 heterocycles. The number of benzene rings is 2. The van der Waals surface area contributed by atoms with Gasteiger partial charge in [-0.05, 0) is 53.6 Å². The van der Waals surface area contributed by atoms with Crippen molar-refractivity contribution < 1.29 is 23.9 Å². The fourth-order valence-electron chi connectivity index (χ4n) is 5.03. The van der Waals surface area contributed by atoms with E-state index in [0.29, 0.717) is 48.9 Å². The number of ketones is 1. The van der Waals surface area contributed by atoms with Crippen molar-refractivity contribution in [2.24, 2.45) is 7.05 Å². The van der Waals surface area contributed by atoms with Gasteiger partial charge in [-0.25, -0.2) is 9.78 Å². The number of allylic oxidation sites excluding steroid dienone is 1. The third-order valence-electron chi connectivity index (χ3n) is 7.07. The van der Waals surface area contributed by atoms with Gasteiger partial charge in [0.15, 0.2) is 5.76 Å². The average Bonchev–Trinajstić information content (AvgIpc) is 3.48. The number of morpholine rings is 1. The topological polar surface area (TPSA) is 115 Å². The Morgan fingerprint density at radius 2 is 1.80 bits per heavy atom. The second kappa shape index (κ2) is 10.3. The van der Waals surface area contributed by atoms with Crippen LogP contribution in [0.25, 0.3) is 28.2 Å². The van der Waals surface area contributed by atoms with E-state index in [0.717, 1.165) is 27.7 Å². The minimum Gasteiger partial charge on any atom is -0.452 e. The van der Waals surface area contributed by atoms with E-state index in [-0.39, 0.29) is 23.5 Å². The molecule has 10 nitrogen and oxygen atoms in total. The van der Waals surface area contributed by atoms with Gasteiger partial charge in [0.05, 0.1) is 18.8 Å². The molecule has 202 valence electrons. The van der Waals surface area contributed by atoms with Crippen LogP contribution in [0.3, 0.4) is 0 Å².